The van der Waals surface area contributed by atoms with Crippen molar-refractivity contribution >= 4 is 11.6 Å². The smallest absolute Gasteiger partial charge is 0.0812 e. The van der Waals surface area contributed by atoms with Crippen molar-refractivity contribution in [2.45, 2.75) is 19.3 Å². The quantitative estimate of drug-likeness (QED) is 0.334. The minimum absolute atomic E-state index is 0.110. The van der Waals surface area contributed by atoms with Gasteiger partial charge in [-0.3, -0.25) is 5.32 Å². The van der Waals surface area contributed by atoms with Crippen LogP contribution >= 0.6 is 11.6 Å². The lowest BCUT2D eigenvalue weighted by Crippen LogP contribution is -2.28. The molecule has 0 radical (unpaired) electrons. The van der Waals surface area contributed by atoms with Crippen LogP contribution in [0.2, 0.25) is 5.02 Å². The van der Waals surface area contributed by atoms with Gasteiger partial charge < -0.3 is 11.5 Å². The lowest BCUT2D eigenvalue weighted by Gasteiger charge is -2.14. The van der Waals surface area contributed by atoms with Gasteiger partial charge in [-0.25, -0.2) is 0 Å². The Morgan fingerprint density at radius 2 is 1.26 bits per heavy atom. The van der Waals surface area contributed by atoms with E-state index in [1.165, 1.54) is 5.56 Å². The van der Waals surface area contributed by atoms with Gasteiger partial charge in [-0.1, -0.05) is 103 Å². The van der Waals surface area contributed by atoms with Gasteiger partial charge in [0.2, 0.25) is 0 Å². The van der Waals surface area contributed by atoms with E-state index in [0.29, 0.717) is 6.54 Å². The molecule has 5 N–H and O–H groups in total. The summed E-state index contributed by atoms with van der Waals surface area (Å²) >= 11 is 5.94. The topological polar surface area (TPSA) is 64.1 Å². The molecule has 0 aromatic heterocycles. The van der Waals surface area contributed by atoms with Crippen molar-refractivity contribution in [3.63, 3.8) is 0 Å². The van der Waals surface area contributed by atoms with Gasteiger partial charge >= 0.3 is 0 Å². The zero-order valence-corrected chi connectivity index (χ0v) is 18.2. The van der Waals surface area contributed by atoms with Gasteiger partial charge in [0.1, 0.15) is 0 Å². The predicted octanol–water partition coefficient (Wildman–Crippen LogP) is 5.90. The van der Waals surface area contributed by atoms with Gasteiger partial charge in [0.15, 0.2) is 0 Å². The molecule has 4 heteroatoms. The van der Waals surface area contributed by atoms with Crippen LogP contribution in [-0.2, 0) is 13.1 Å². The molecule has 4 rings (SSSR count). The fourth-order valence-electron chi connectivity index (χ4n) is 3.15. The molecule has 3 nitrogen and oxygen atoms in total. The Balaban J connectivity index is 0.000000176. The van der Waals surface area contributed by atoms with Crippen LogP contribution in [0.3, 0.4) is 0 Å². The second kappa shape index (κ2) is 12.0. The van der Waals surface area contributed by atoms with Crippen LogP contribution in [0.1, 0.15) is 22.9 Å². The van der Waals surface area contributed by atoms with Crippen LogP contribution in [0.5, 0.6) is 0 Å². The van der Waals surface area contributed by atoms with Crippen LogP contribution in [0.15, 0.2) is 109 Å². The molecule has 1 unspecified atom stereocenters. The molecule has 0 fully saturated rings. The summed E-state index contributed by atoms with van der Waals surface area (Å²) in [6, 6.07) is 36.3. The number of benzene rings is 4. The highest BCUT2D eigenvalue weighted by Gasteiger charge is 2.03. The van der Waals surface area contributed by atoms with Crippen molar-refractivity contribution in [2.24, 2.45) is 11.5 Å². The van der Waals surface area contributed by atoms with E-state index < -0.39 is 0 Å². The van der Waals surface area contributed by atoms with Crippen LogP contribution < -0.4 is 16.8 Å². The van der Waals surface area contributed by atoms with E-state index in [4.69, 9.17) is 23.1 Å². The average Bonchev–Trinajstić information content (AvgIpc) is 2.84. The van der Waals surface area contributed by atoms with Gasteiger partial charge in [0, 0.05) is 18.1 Å². The van der Waals surface area contributed by atoms with E-state index in [-0.39, 0.29) is 6.17 Å². The summed E-state index contributed by atoms with van der Waals surface area (Å²) in [4.78, 5) is 0. The highest BCUT2D eigenvalue weighted by Crippen LogP contribution is 2.23. The van der Waals surface area contributed by atoms with Crippen molar-refractivity contribution in [2.75, 3.05) is 0 Å². The number of hydrogen-bond donors (Lipinski definition) is 3. The van der Waals surface area contributed by atoms with E-state index in [2.05, 4.69) is 29.6 Å². The molecule has 0 heterocycles. The first-order valence-corrected chi connectivity index (χ1v) is 10.7. The third-order valence-electron chi connectivity index (χ3n) is 4.85. The molecule has 31 heavy (non-hydrogen) atoms. The molecule has 158 valence electrons. The SMILES string of the molecule is NC(NCc1ccccc1)c1ccccc1.NCc1cccc(-c2cccc(Cl)c2)c1. The maximum atomic E-state index is 6.03. The van der Waals surface area contributed by atoms with Gasteiger partial charge in [-0.05, 0) is 46.0 Å². The molecule has 0 bridgehead atoms. The zero-order chi connectivity index (χ0) is 21.9. The number of hydrogen-bond acceptors (Lipinski definition) is 3. The van der Waals surface area contributed by atoms with Crippen molar-refractivity contribution in [1.29, 1.82) is 0 Å². The summed E-state index contributed by atoms with van der Waals surface area (Å²) < 4.78 is 0. The Bertz CT molecular complexity index is 1050. The Hall–Kier alpha value is -2.95. The fourth-order valence-corrected chi connectivity index (χ4v) is 3.34. The monoisotopic (exact) mass is 429 g/mol. The summed E-state index contributed by atoms with van der Waals surface area (Å²) in [5, 5.41) is 4.05. The third kappa shape index (κ3) is 7.35. The minimum atomic E-state index is -0.110. The molecule has 0 spiro atoms. The van der Waals surface area contributed by atoms with E-state index in [0.717, 1.165) is 33.8 Å². The Morgan fingerprint density at radius 1 is 0.677 bits per heavy atom. The average molecular weight is 430 g/mol. The summed E-state index contributed by atoms with van der Waals surface area (Å²) in [5.74, 6) is 0. The second-order valence-corrected chi connectivity index (χ2v) is 7.61. The summed E-state index contributed by atoms with van der Waals surface area (Å²) in [6.45, 7) is 1.35. The third-order valence-corrected chi connectivity index (χ3v) is 5.08. The Morgan fingerprint density at radius 3 is 1.90 bits per heavy atom. The number of nitrogens with one attached hydrogen (secondary N) is 1. The molecule has 0 aliphatic carbocycles. The van der Waals surface area contributed by atoms with E-state index in [1.807, 2.05) is 84.9 Å². The van der Waals surface area contributed by atoms with Crippen LogP contribution in [0.4, 0.5) is 0 Å². The highest BCUT2D eigenvalue weighted by molar-refractivity contribution is 6.30. The Kier molecular flexibility index (Phi) is 8.83. The maximum absolute atomic E-state index is 6.03. The molecule has 0 saturated heterocycles. The van der Waals surface area contributed by atoms with Crippen molar-refractivity contribution < 1.29 is 0 Å². The summed E-state index contributed by atoms with van der Waals surface area (Å²) in [6.07, 6.45) is -0.110. The molecule has 0 amide bonds. The Labute approximate surface area is 189 Å². The first-order valence-electron chi connectivity index (χ1n) is 10.3. The van der Waals surface area contributed by atoms with Gasteiger partial charge in [-0.15, -0.1) is 0 Å². The number of nitrogens with two attached hydrogens (primary N) is 2. The molecule has 0 aliphatic heterocycles. The largest absolute Gasteiger partial charge is 0.326 e. The van der Waals surface area contributed by atoms with Crippen LogP contribution in [0, 0.1) is 0 Å². The minimum Gasteiger partial charge on any atom is -0.326 e. The van der Waals surface area contributed by atoms with E-state index >= 15 is 0 Å². The van der Waals surface area contributed by atoms with Gasteiger partial charge in [0.25, 0.3) is 0 Å². The lowest BCUT2D eigenvalue weighted by atomic mass is 10.0. The van der Waals surface area contributed by atoms with Crippen LogP contribution in [-0.4, -0.2) is 0 Å². The molecule has 0 aliphatic rings. The van der Waals surface area contributed by atoms with Crippen LogP contribution in [0.25, 0.3) is 11.1 Å². The summed E-state index contributed by atoms with van der Waals surface area (Å²) in [5.41, 5.74) is 17.4. The molecular formula is C27H28ClN3. The van der Waals surface area contributed by atoms with Crippen molar-refractivity contribution in [3.05, 3.63) is 131 Å². The summed E-state index contributed by atoms with van der Waals surface area (Å²) in [7, 11) is 0. The standard InChI is InChI=1S/C14H16N2.C13H12ClN/c15-14(13-9-5-2-6-10-13)16-11-12-7-3-1-4-8-12;14-13-6-2-5-12(8-13)11-4-1-3-10(7-11)9-15/h1-10,14,16H,11,15H2;1-8H,9,15H2. The molecule has 1 atom stereocenters. The van der Waals surface area contributed by atoms with Crippen molar-refractivity contribution in [3.8, 4) is 11.1 Å². The highest BCUT2D eigenvalue weighted by atomic mass is 35.5. The molecule has 4 aromatic carbocycles. The lowest BCUT2D eigenvalue weighted by molar-refractivity contribution is 0.552. The van der Waals surface area contributed by atoms with E-state index in [1.54, 1.807) is 0 Å². The predicted molar refractivity (Wildman–Crippen MR) is 131 cm³/mol. The zero-order valence-electron chi connectivity index (χ0n) is 17.4. The number of halogens is 1. The molecule has 0 saturated carbocycles. The van der Waals surface area contributed by atoms with E-state index in [9.17, 15) is 0 Å². The first-order chi connectivity index (χ1) is 15.2. The molecular weight excluding hydrogens is 402 g/mol. The fraction of sp³-hybridized carbons (Fsp3) is 0.111. The van der Waals surface area contributed by atoms with Gasteiger partial charge in [0.05, 0.1) is 6.17 Å². The van der Waals surface area contributed by atoms with Crippen molar-refractivity contribution in [1.82, 2.24) is 5.32 Å². The first kappa shape index (κ1) is 22.7. The normalized spacial score (nSPS) is 11.3. The maximum Gasteiger partial charge on any atom is 0.0812 e. The second-order valence-electron chi connectivity index (χ2n) is 7.17. The number of rotatable bonds is 6. The van der Waals surface area contributed by atoms with Gasteiger partial charge in [-0.2, -0.15) is 0 Å². The molecule has 4 aromatic rings.